The first-order valence-electron chi connectivity index (χ1n) is 9.29. The average molecular weight is 398 g/mol. The molecule has 144 valence electrons. The number of carboxylic acids is 1. The van der Waals surface area contributed by atoms with Gasteiger partial charge in [0.05, 0.1) is 12.8 Å². The lowest BCUT2D eigenvalue weighted by Gasteiger charge is -2.26. The van der Waals surface area contributed by atoms with Crippen LogP contribution in [0.2, 0.25) is 0 Å². The van der Waals surface area contributed by atoms with Crippen molar-refractivity contribution in [3.05, 3.63) is 0 Å². The number of carbonyl (C=O) groups is 1. The highest BCUT2D eigenvalue weighted by Crippen LogP contribution is 2.69. The van der Waals surface area contributed by atoms with Gasteiger partial charge in [0.1, 0.15) is 0 Å². The van der Waals surface area contributed by atoms with Crippen molar-refractivity contribution in [2.75, 3.05) is 30.9 Å². The van der Waals surface area contributed by atoms with Crippen LogP contribution in [-0.4, -0.2) is 46.9 Å². The molecule has 0 spiro atoms. The molecule has 0 bridgehead atoms. The average Bonchev–Trinajstić information content (AvgIpc) is 2.53. The third kappa shape index (κ3) is 13.6. The Balaban J connectivity index is 4.69. The third-order valence-corrected chi connectivity index (χ3v) is 12.2. The maximum atomic E-state index is 13.4. The van der Waals surface area contributed by atoms with E-state index in [0.717, 1.165) is 56.6 Å². The Bertz CT molecular complexity index is 354. The molecule has 0 fully saturated rings. The first kappa shape index (κ1) is 24.4. The Hall–Kier alpha value is 0.360. The quantitative estimate of drug-likeness (QED) is 0.234. The van der Waals surface area contributed by atoms with Crippen molar-refractivity contribution in [1.82, 2.24) is 4.90 Å². The SMILES string of the molecule is CCCCCSP(=O)(CN(CCCC)CC(=O)O)SCCCCC. The topological polar surface area (TPSA) is 57.6 Å². The molecule has 0 aromatic rings. The molecule has 0 heterocycles. The number of nitrogens with zero attached hydrogens (tertiary/aromatic N) is 1. The zero-order chi connectivity index (χ0) is 18.3. The van der Waals surface area contributed by atoms with E-state index in [2.05, 4.69) is 20.8 Å². The summed E-state index contributed by atoms with van der Waals surface area (Å²) in [5.41, 5.74) is -2.46. The molecule has 0 aliphatic carbocycles. The zero-order valence-corrected chi connectivity index (χ0v) is 18.2. The van der Waals surface area contributed by atoms with Crippen molar-refractivity contribution in [2.45, 2.75) is 72.1 Å². The second-order valence-corrected chi connectivity index (χ2v) is 14.8. The molecule has 1 N–H and O–H groups in total. The summed E-state index contributed by atoms with van der Waals surface area (Å²) in [6.07, 6.45) is 9.24. The minimum Gasteiger partial charge on any atom is -0.480 e. The lowest BCUT2D eigenvalue weighted by Crippen LogP contribution is -2.31. The van der Waals surface area contributed by atoms with Gasteiger partial charge in [-0.1, -0.05) is 75.6 Å². The second-order valence-electron chi connectivity index (χ2n) is 6.13. The van der Waals surface area contributed by atoms with E-state index in [4.69, 9.17) is 5.11 Å². The van der Waals surface area contributed by atoms with Gasteiger partial charge in [-0.3, -0.25) is 14.3 Å². The van der Waals surface area contributed by atoms with E-state index in [1.54, 1.807) is 22.8 Å². The number of hydrogen-bond acceptors (Lipinski definition) is 5. The van der Waals surface area contributed by atoms with Crippen LogP contribution in [0, 0.1) is 0 Å². The second kappa shape index (κ2) is 15.6. The lowest BCUT2D eigenvalue weighted by molar-refractivity contribution is -0.138. The van der Waals surface area contributed by atoms with Crippen LogP contribution in [0.1, 0.15) is 72.1 Å². The first-order chi connectivity index (χ1) is 11.5. The molecule has 7 heteroatoms. The molecule has 0 aromatic carbocycles. The normalized spacial score (nSPS) is 12.0. The number of rotatable bonds is 17. The highest BCUT2D eigenvalue weighted by atomic mass is 33.1. The van der Waals surface area contributed by atoms with Crippen LogP contribution < -0.4 is 0 Å². The third-order valence-electron chi connectivity index (χ3n) is 3.63. The molecule has 0 aliphatic rings. The molecule has 4 nitrogen and oxygen atoms in total. The fourth-order valence-corrected chi connectivity index (χ4v) is 10.6. The van der Waals surface area contributed by atoms with E-state index in [-0.39, 0.29) is 6.54 Å². The number of unbranched alkanes of at least 4 members (excludes halogenated alkanes) is 5. The molecule has 0 amide bonds. The van der Waals surface area contributed by atoms with Crippen LogP contribution in [0.4, 0.5) is 0 Å². The molecule has 0 saturated carbocycles. The maximum absolute atomic E-state index is 13.4. The number of aliphatic carboxylic acids is 1. The van der Waals surface area contributed by atoms with Crippen molar-refractivity contribution in [2.24, 2.45) is 0 Å². The smallest absolute Gasteiger partial charge is 0.317 e. The van der Waals surface area contributed by atoms with Gasteiger partial charge < -0.3 is 5.11 Å². The highest BCUT2D eigenvalue weighted by Gasteiger charge is 2.27. The van der Waals surface area contributed by atoms with Gasteiger partial charge in [-0.15, -0.1) is 0 Å². The molecule has 24 heavy (non-hydrogen) atoms. The van der Waals surface area contributed by atoms with Crippen LogP contribution in [-0.2, 0) is 9.36 Å². The minimum absolute atomic E-state index is 0.00493. The van der Waals surface area contributed by atoms with Crippen molar-refractivity contribution >= 4 is 34.3 Å². The summed E-state index contributed by atoms with van der Waals surface area (Å²) < 4.78 is 13.4. The van der Waals surface area contributed by atoms with E-state index in [1.807, 2.05) is 4.90 Å². The predicted octanol–water partition coefficient (Wildman–Crippen LogP) is 6.17. The van der Waals surface area contributed by atoms with Gasteiger partial charge in [-0.05, 0) is 25.8 Å². The lowest BCUT2D eigenvalue weighted by atomic mass is 10.3. The van der Waals surface area contributed by atoms with E-state index in [9.17, 15) is 9.36 Å². The van der Waals surface area contributed by atoms with Crippen LogP contribution in [0.3, 0.4) is 0 Å². The Kier molecular flexibility index (Phi) is 15.8. The standard InChI is InChI=1S/C17H36NO3PS2/c1-4-7-10-13-23-22(21,24-14-11-8-5-2)16-18(12-9-6-3)15-17(19)20/h4-16H2,1-3H3,(H,19,20). The maximum Gasteiger partial charge on any atom is 0.317 e. The zero-order valence-electron chi connectivity index (χ0n) is 15.7. The van der Waals surface area contributed by atoms with Gasteiger partial charge >= 0.3 is 5.97 Å². The molecule has 0 atom stereocenters. The van der Waals surface area contributed by atoms with E-state index < -0.39 is 11.5 Å². The summed E-state index contributed by atoms with van der Waals surface area (Å²) in [6.45, 7) is 7.15. The van der Waals surface area contributed by atoms with Crippen molar-refractivity contribution in [3.8, 4) is 0 Å². The van der Waals surface area contributed by atoms with Gasteiger partial charge in [-0.2, -0.15) is 0 Å². The summed E-state index contributed by atoms with van der Waals surface area (Å²) >= 11 is 3.19. The Morgan fingerprint density at radius 2 is 1.42 bits per heavy atom. The van der Waals surface area contributed by atoms with Crippen LogP contribution in [0.5, 0.6) is 0 Å². The first-order valence-corrected chi connectivity index (χ1v) is 14.4. The Labute approximate surface area is 156 Å². The minimum atomic E-state index is -2.46. The molecule has 0 saturated heterocycles. The molecule has 0 radical (unpaired) electrons. The highest BCUT2D eigenvalue weighted by molar-refractivity contribution is 8.90. The van der Waals surface area contributed by atoms with Crippen molar-refractivity contribution in [3.63, 3.8) is 0 Å². The van der Waals surface area contributed by atoms with Gasteiger partial charge in [0.25, 0.3) is 0 Å². The van der Waals surface area contributed by atoms with Gasteiger partial charge in [0.2, 0.25) is 5.55 Å². The summed E-state index contributed by atoms with van der Waals surface area (Å²) in [4.78, 5) is 13.0. The largest absolute Gasteiger partial charge is 0.480 e. The molecular formula is C17H36NO3PS2. The number of hydrogen-bond donors (Lipinski definition) is 1. The summed E-state index contributed by atoms with van der Waals surface area (Å²) in [7, 11) is 0. The fraction of sp³-hybridized carbons (Fsp3) is 0.941. The molecule has 0 aliphatic heterocycles. The van der Waals surface area contributed by atoms with Crippen LogP contribution >= 0.6 is 28.3 Å². The van der Waals surface area contributed by atoms with Crippen LogP contribution in [0.25, 0.3) is 0 Å². The van der Waals surface area contributed by atoms with E-state index >= 15 is 0 Å². The van der Waals surface area contributed by atoms with Gasteiger partial charge in [0.15, 0.2) is 0 Å². The summed E-state index contributed by atoms with van der Waals surface area (Å²) in [5, 5.41) is 9.13. The van der Waals surface area contributed by atoms with E-state index in [0.29, 0.717) is 6.29 Å². The summed E-state index contributed by atoms with van der Waals surface area (Å²) in [5.74, 6) is 1.01. The van der Waals surface area contributed by atoms with Crippen molar-refractivity contribution < 1.29 is 14.5 Å². The van der Waals surface area contributed by atoms with E-state index in [1.165, 1.54) is 12.8 Å². The summed E-state index contributed by atoms with van der Waals surface area (Å²) in [6, 6.07) is 0. The molecule has 0 aromatic heterocycles. The number of carboxylic acid groups (broad SMARTS) is 1. The predicted molar refractivity (Wildman–Crippen MR) is 111 cm³/mol. The molecular weight excluding hydrogens is 361 g/mol. The molecule has 0 rings (SSSR count). The van der Waals surface area contributed by atoms with Gasteiger partial charge in [-0.25, -0.2) is 0 Å². The van der Waals surface area contributed by atoms with Gasteiger partial charge in [0, 0.05) is 11.5 Å². The molecule has 0 unspecified atom stereocenters. The Morgan fingerprint density at radius 1 is 0.917 bits per heavy atom. The Morgan fingerprint density at radius 3 is 1.83 bits per heavy atom. The van der Waals surface area contributed by atoms with Crippen molar-refractivity contribution in [1.29, 1.82) is 0 Å². The van der Waals surface area contributed by atoms with Crippen LogP contribution in [0.15, 0.2) is 0 Å². The fourth-order valence-electron chi connectivity index (χ4n) is 2.25. The monoisotopic (exact) mass is 397 g/mol.